The van der Waals surface area contributed by atoms with Crippen molar-refractivity contribution in [1.82, 2.24) is 4.90 Å². The van der Waals surface area contributed by atoms with Gasteiger partial charge in [-0.3, -0.25) is 4.79 Å². The minimum absolute atomic E-state index is 0.0114. The van der Waals surface area contributed by atoms with Crippen LogP contribution < -0.4 is 0 Å². The first-order chi connectivity index (χ1) is 7.36. The fourth-order valence-electron chi connectivity index (χ4n) is 2.48. The fourth-order valence-corrected chi connectivity index (χ4v) is 2.48. The van der Waals surface area contributed by atoms with E-state index in [9.17, 15) is 4.79 Å². The maximum atomic E-state index is 12.4. The summed E-state index contributed by atoms with van der Waals surface area (Å²) >= 11 is 0. The molecule has 88 valence electrons. The van der Waals surface area contributed by atoms with Crippen molar-refractivity contribution in [2.45, 2.75) is 52.6 Å². The average molecular weight is 220 g/mol. The van der Waals surface area contributed by atoms with Gasteiger partial charge in [-0.1, -0.05) is 27.7 Å². The number of fused-ring (bicyclic) bond motifs is 1. The molecule has 1 aliphatic heterocycles. The first-order valence-electron chi connectivity index (χ1n) is 6.08. The molecule has 0 unspecified atom stereocenters. The third-order valence-corrected chi connectivity index (χ3v) is 4.18. The van der Waals surface area contributed by atoms with E-state index in [1.165, 1.54) is 0 Å². The minimum Gasteiger partial charge on any atom is -0.323 e. The maximum Gasteiger partial charge on any atom is 0.227 e. The molecule has 0 spiro atoms. The second kappa shape index (κ2) is 3.48. The van der Waals surface area contributed by atoms with Crippen molar-refractivity contribution >= 4 is 5.91 Å². The normalized spacial score (nSPS) is 34.2. The Bertz CT molecular complexity index is 350. The highest BCUT2D eigenvalue weighted by Crippen LogP contribution is 2.48. The number of nitrogens with zero attached hydrogens (tertiary/aromatic N) is 2. The topological polar surface area (TPSA) is 44.1 Å². The smallest absolute Gasteiger partial charge is 0.227 e. The SMILES string of the molecule is C[C@H](C(=O)N1[C@H](C#N)C[C@@H]2C[C@@H]21)C(C)(C)C. The number of likely N-dealkylation sites (tertiary alicyclic amines) is 1. The highest BCUT2D eigenvalue weighted by Gasteiger charge is 2.55. The molecule has 0 aromatic rings. The Balaban J connectivity index is 2.13. The molecule has 0 aromatic heterocycles. The predicted molar refractivity (Wildman–Crippen MR) is 61.4 cm³/mol. The summed E-state index contributed by atoms with van der Waals surface area (Å²) in [6.07, 6.45) is 2.00. The van der Waals surface area contributed by atoms with Gasteiger partial charge in [0.1, 0.15) is 6.04 Å². The standard InChI is InChI=1S/C13H20N2O/c1-8(13(2,3)4)12(16)15-10(7-14)5-9-6-11(9)15/h8-11H,5-6H2,1-4H3/t8-,9-,10+,11+/m1/s1. The van der Waals surface area contributed by atoms with Crippen molar-refractivity contribution in [3.63, 3.8) is 0 Å². The second-order valence-corrected chi connectivity index (χ2v) is 6.28. The van der Waals surface area contributed by atoms with Crippen molar-refractivity contribution in [3.8, 4) is 6.07 Å². The second-order valence-electron chi connectivity index (χ2n) is 6.28. The zero-order valence-electron chi connectivity index (χ0n) is 10.5. The van der Waals surface area contributed by atoms with Crippen molar-refractivity contribution in [2.24, 2.45) is 17.3 Å². The molecule has 4 atom stereocenters. The maximum absolute atomic E-state index is 12.4. The molecule has 0 bridgehead atoms. The van der Waals surface area contributed by atoms with E-state index in [2.05, 4.69) is 26.8 Å². The third-order valence-electron chi connectivity index (χ3n) is 4.18. The molecular formula is C13H20N2O. The summed E-state index contributed by atoms with van der Waals surface area (Å²) in [4.78, 5) is 14.2. The quantitative estimate of drug-likeness (QED) is 0.680. The lowest BCUT2D eigenvalue weighted by Gasteiger charge is -2.32. The molecule has 0 radical (unpaired) electrons. The Morgan fingerprint density at radius 2 is 2.06 bits per heavy atom. The average Bonchev–Trinajstić information content (AvgIpc) is 2.86. The lowest BCUT2D eigenvalue weighted by Crippen LogP contribution is -2.44. The summed E-state index contributed by atoms with van der Waals surface area (Å²) in [6.45, 7) is 8.22. The predicted octanol–water partition coefficient (Wildman–Crippen LogP) is 2.18. The molecule has 0 aromatic carbocycles. The number of piperidine rings is 1. The molecule has 3 nitrogen and oxygen atoms in total. The molecule has 1 aliphatic carbocycles. The molecule has 16 heavy (non-hydrogen) atoms. The van der Waals surface area contributed by atoms with E-state index in [0.29, 0.717) is 12.0 Å². The van der Waals surface area contributed by atoms with Gasteiger partial charge in [-0.25, -0.2) is 0 Å². The summed E-state index contributed by atoms with van der Waals surface area (Å²) < 4.78 is 0. The number of carbonyl (C=O) groups is 1. The number of nitriles is 1. The van der Waals surface area contributed by atoms with Crippen LogP contribution in [0.25, 0.3) is 0 Å². The number of amides is 1. The Morgan fingerprint density at radius 3 is 2.56 bits per heavy atom. The van der Waals surface area contributed by atoms with Crippen LogP contribution >= 0.6 is 0 Å². The lowest BCUT2D eigenvalue weighted by atomic mass is 9.81. The molecule has 1 amide bonds. The van der Waals surface area contributed by atoms with Gasteiger partial charge in [-0.15, -0.1) is 0 Å². The van der Waals surface area contributed by atoms with Gasteiger partial charge in [-0.2, -0.15) is 5.26 Å². The highest BCUT2D eigenvalue weighted by molar-refractivity contribution is 5.81. The Hall–Kier alpha value is -1.04. The van der Waals surface area contributed by atoms with Crippen LogP contribution in [-0.2, 0) is 4.79 Å². The number of hydrogen-bond donors (Lipinski definition) is 0. The first-order valence-corrected chi connectivity index (χ1v) is 6.08. The highest BCUT2D eigenvalue weighted by atomic mass is 16.2. The monoisotopic (exact) mass is 220 g/mol. The molecule has 2 rings (SSSR count). The fraction of sp³-hybridized carbons (Fsp3) is 0.846. The van der Waals surface area contributed by atoms with Crippen LogP contribution in [-0.4, -0.2) is 22.9 Å². The van der Waals surface area contributed by atoms with E-state index in [1.807, 2.05) is 11.8 Å². The molecule has 2 fully saturated rings. The van der Waals surface area contributed by atoms with Gasteiger partial charge in [0, 0.05) is 12.0 Å². The van der Waals surface area contributed by atoms with E-state index in [-0.39, 0.29) is 23.3 Å². The van der Waals surface area contributed by atoms with Crippen LogP contribution in [0.4, 0.5) is 0 Å². The van der Waals surface area contributed by atoms with E-state index in [4.69, 9.17) is 5.26 Å². The van der Waals surface area contributed by atoms with Crippen molar-refractivity contribution in [3.05, 3.63) is 0 Å². The summed E-state index contributed by atoms with van der Waals surface area (Å²) in [5.74, 6) is 0.771. The van der Waals surface area contributed by atoms with Crippen molar-refractivity contribution in [1.29, 1.82) is 5.26 Å². The van der Waals surface area contributed by atoms with Gasteiger partial charge in [0.2, 0.25) is 5.91 Å². The largest absolute Gasteiger partial charge is 0.323 e. The molecule has 3 heteroatoms. The van der Waals surface area contributed by atoms with Gasteiger partial charge < -0.3 is 4.90 Å². The van der Waals surface area contributed by atoms with Gasteiger partial charge in [0.05, 0.1) is 6.07 Å². The Labute approximate surface area is 97.4 Å². The molecule has 2 aliphatic rings. The zero-order valence-corrected chi connectivity index (χ0v) is 10.5. The Kier molecular flexibility index (Phi) is 2.49. The number of carbonyl (C=O) groups excluding carboxylic acids is 1. The Morgan fingerprint density at radius 1 is 1.44 bits per heavy atom. The van der Waals surface area contributed by atoms with Crippen LogP contribution in [0.2, 0.25) is 0 Å². The summed E-state index contributed by atoms with van der Waals surface area (Å²) in [7, 11) is 0. The summed E-state index contributed by atoms with van der Waals surface area (Å²) in [5.41, 5.74) is -0.0237. The van der Waals surface area contributed by atoms with E-state index >= 15 is 0 Å². The lowest BCUT2D eigenvalue weighted by molar-refractivity contribution is -0.139. The van der Waals surface area contributed by atoms with Crippen LogP contribution in [0.1, 0.15) is 40.5 Å². The van der Waals surface area contributed by atoms with Gasteiger partial charge >= 0.3 is 0 Å². The van der Waals surface area contributed by atoms with Gasteiger partial charge in [0.25, 0.3) is 0 Å². The molecule has 0 N–H and O–H groups in total. The third kappa shape index (κ3) is 1.71. The molecule has 1 saturated carbocycles. The van der Waals surface area contributed by atoms with Crippen LogP contribution in [0.5, 0.6) is 0 Å². The van der Waals surface area contributed by atoms with Gasteiger partial charge in [-0.05, 0) is 24.2 Å². The van der Waals surface area contributed by atoms with E-state index < -0.39 is 0 Å². The van der Waals surface area contributed by atoms with Crippen molar-refractivity contribution in [2.75, 3.05) is 0 Å². The number of rotatable bonds is 1. The minimum atomic E-state index is -0.166. The molecule has 1 saturated heterocycles. The van der Waals surface area contributed by atoms with Gasteiger partial charge in [0.15, 0.2) is 0 Å². The van der Waals surface area contributed by atoms with Crippen LogP contribution in [0, 0.1) is 28.6 Å². The molecular weight excluding hydrogens is 200 g/mol. The molecule has 1 heterocycles. The first kappa shape index (κ1) is 11.4. The van der Waals surface area contributed by atoms with Crippen LogP contribution in [0.15, 0.2) is 0 Å². The summed E-state index contributed by atoms with van der Waals surface area (Å²) in [5, 5.41) is 9.06. The van der Waals surface area contributed by atoms with E-state index in [1.54, 1.807) is 0 Å². The van der Waals surface area contributed by atoms with Crippen LogP contribution in [0.3, 0.4) is 0 Å². The summed E-state index contributed by atoms with van der Waals surface area (Å²) in [6, 6.07) is 2.48. The zero-order chi connectivity index (χ0) is 12.1. The number of hydrogen-bond acceptors (Lipinski definition) is 2. The van der Waals surface area contributed by atoms with E-state index in [0.717, 1.165) is 12.8 Å². The van der Waals surface area contributed by atoms with Crippen molar-refractivity contribution < 1.29 is 4.79 Å².